The van der Waals surface area contributed by atoms with E-state index in [4.69, 9.17) is 21.1 Å². The van der Waals surface area contributed by atoms with Crippen LogP contribution in [0.5, 0.6) is 11.5 Å². The van der Waals surface area contributed by atoms with Crippen LogP contribution in [-0.4, -0.2) is 22.8 Å². The molecule has 31 heavy (non-hydrogen) atoms. The molecule has 0 unspecified atom stereocenters. The highest BCUT2D eigenvalue weighted by atomic mass is 35.5. The smallest absolute Gasteiger partial charge is 0.293 e. The molecule has 7 heteroatoms. The molecule has 5 nitrogen and oxygen atoms in total. The maximum Gasteiger partial charge on any atom is 0.293 e. The first-order chi connectivity index (χ1) is 15.1. The predicted molar refractivity (Wildman–Crippen MR) is 121 cm³/mol. The molecule has 2 aliphatic rings. The molecule has 0 aromatic heterocycles. The molecule has 3 aromatic carbocycles. The van der Waals surface area contributed by atoms with Crippen LogP contribution in [0.2, 0.25) is 5.02 Å². The van der Waals surface area contributed by atoms with E-state index in [1.54, 1.807) is 18.2 Å². The Hall–Kier alpha value is -3.22. The summed E-state index contributed by atoms with van der Waals surface area (Å²) in [6.07, 6.45) is 1.74. The molecule has 0 N–H and O–H groups in total. The summed E-state index contributed by atoms with van der Waals surface area (Å²) in [5.74, 6) is 0.776. The molecular weight excluding hydrogens is 434 g/mol. The van der Waals surface area contributed by atoms with Crippen molar-refractivity contribution in [1.82, 2.24) is 4.90 Å². The molecule has 3 aromatic rings. The number of hydrogen-bond donors (Lipinski definition) is 0. The minimum absolute atomic E-state index is 0.0738. The monoisotopic (exact) mass is 449 g/mol. The van der Waals surface area contributed by atoms with Gasteiger partial charge in [0.15, 0.2) is 11.5 Å². The lowest BCUT2D eigenvalue weighted by molar-refractivity contribution is -0.123. The molecule has 0 aliphatic carbocycles. The molecule has 2 heterocycles. The van der Waals surface area contributed by atoms with Gasteiger partial charge >= 0.3 is 0 Å². The Bertz CT molecular complexity index is 1210. The first-order valence-corrected chi connectivity index (χ1v) is 10.8. The second kappa shape index (κ2) is 8.13. The van der Waals surface area contributed by atoms with Gasteiger partial charge in [-0.2, -0.15) is 0 Å². The molecular formula is C24H16ClNO4S. The lowest BCUT2D eigenvalue weighted by Crippen LogP contribution is -2.27. The Kier molecular flexibility index (Phi) is 5.18. The summed E-state index contributed by atoms with van der Waals surface area (Å²) < 4.78 is 10.7. The van der Waals surface area contributed by atoms with Crippen molar-refractivity contribution in [3.63, 3.8) is 0 Å². The SMILES string of the molecule is O=C1SC(=Cc2ccc(-c3ccccc3)cc2)C(=O)N1Cc1cc2c(cc1Cl)OCO2. The zero-order valence-corrected chi connectivity index (χ0v) is 17.8. The van der Waals surface area contributed by atoms with Crippen molar-refractivity contribution in [2.24, 2.45) is 0 Å². The molecule has 0 radical (unpaired) electrons. The Labute approximate surface area is 188 Å². The molecule has 0 bridgehead atoms. The number of hydrogen-bond acceptors (Lipinski definition) is 5. The fraction of sp³-hybridized carbons (Fsp3) is 0.0833. The van der Waals surface area contributed by atoms with E-state index < -0.39 is 0 Å². The number of thioether (sulfide) groups is 1. The summed E-state index contributed by atoms with van der Waals surface area (Å²) in [7, 11) is 0. The predicted octanol–water partition coefficient (Wildman–Crippen LogP) is 5.97. The summed E-state index contributed by atoms with van der Waals surface area (Å²) in [6.45, 7) is 0.201. The quantitative estimate of drug-likeness (QED) is 0.459. The maximum absolute atomic E-state index is 12.9. The fourth-order valence-electron chi connectivity index (χ4n) is 3.44. The highest BCUT2D eigenvalue weighted by molar-refractivity contribution is 8.18. The molecule has 1 saturated heterocycles. The van der Waals surface area contributed by atoms with Gasteiger partial charge in [-0.05, 0) is 46.2 Å². The Morgan fingerprint density at radius 3 is 2.35 bits per heavy atom. The van der Waals surface area contributed by atoms with Crippen molar-refractivity contribution in [3.8, 4) is 22.6 Å². The Morgan fingerprint density at radius 2 is 1.61 bits per heavy atom. The molecule has 154 valence electrons. The first kappa shape index (κ1) is 19.7. The largest absolute Gasteiger partial charge is 0.454 e. The average Bonchev–Trinajstić information content (AvgIpc) is 3.34. The third-order valence-corrected chi connectivity index (χ3v) is 6.32. The van der Waals surface area contributed by atoms with E-state index >= 15 is 0 Å². The van der Waals surface area contributed by atoms with Crippen LogP contribution >= 0.6 is 23.4 Å². The van der Waals surface area contributed by atoms with Gasteiger partial charge < -0.3 is 9.47 Å². The topological polar surface area (TPSA) is 55.8 Å². The molecule has 1 fully saturated rings. The van der Waals surface area contributed by atoms with E-state index in [9.17, 15) is 9.59 Å². The lowest BCUT2D eigenvalue weighted by atomic mass is 10.0. The van der Waals surface area contributed by atoms with Gasteiger partial charge in [0.05, 0.1) is 11.4 Å². The van der Waals surface area contributed by atoms with E-state index in [0.717, 1.165) is 28.5 Å². The van der Waals surface area contributed by atoms with Crippen LogP contribution in [0.1, 0.15) is 11.1 Å². The molecule has 0 spiro atoms. The lowest BCUT2D eigenvalue weighted by Gasteiger charge is -2.14. The van der Waals surface area contributed by atoms with E-state index in [2.05, 4.69) is 0 Å². The zero-order chi connectivity index (χ0) is 21.4. The van der Waals surface area contributed by atoms with Crippen molar-refractivity contribution in [3.05, 3.63) is 87.8 Å². The highest BCUT2D eigenvalue weighted by Crippen LogP contribution is 2.39. The molecule has 2 aliphatic heterocycles. The van der Waals surface area contributed by atoms with E-state index in [1.807, 2.05) is 54.6 Å². The van der Waals surface area contributed by atoms with Crippen LogP contribution < -0.4 is 9.47 Å². The minimum Gasteiger partial charge on any atom is -0.454 e. The number of halogens is 1. The van der Waals surface area contributed by atoms with Gasteiger partial charge in [-0.15, -0.1) is 0 Å². The number of carbonyl (C=O) groups excluding carboxylic acids is 2. The normalized spacial score (nSPS) is 16.4. The summed E-state index contributed by atoms with van der Waals surface area (Å²) in [4.78, 5) is 27.0. The standard InChI is InChI=1S/C24H16ClNO4S/c25-19-12-21-20(29-14-30-21)11-18(19)13-26-23(27)22(31-24(26)28)10-15-6-8-17(9-7-15)16-4-2-1-3-5-16/h1-12H,13-14H2. The number of imide groups is 1. The van der Waals surface area contributed by atoms with Crippen molar-refractivity contribution in [1.29, 1.82) is 0 Å². The summed E-state index contributed by atoms with van der Waals surface area (Å²) >= 11 is 7.23. The zero-order valence-electron chi connectivity index (χ0n) is 16.2. The number of fused-ring (bicyclic) bond motifs is 1. The van der Waals surface area contributed by atoms with Gasteiger partial charge in [-0.3, -0.25) is 14.5 Å². The number of rotatable bonds is 4. The van der Waals surface area contributed by atoms with E-state index in [-0.39, 0.29) is 24.5 Å². The van der Waals surface area contributed by atoms with Gasteiger partial charge in [0, 0.05) is 11.1 Å². The van der Waals surface area contributed by atoms with Crippen molar-refractivity contribution in [2.45, 2.75) is 6.54 Å². The number of carbonyl (C=O) groups is 2. The minimum atomic E-state index is -0.337. The average molecular weight is 450 g/mol. The van der Waals surface area contributed by atoms with E-state index in [1.165, 1.54) is 4.90 Å². The van der Waals surface area contributed by atoms with Crippen LogP contribution in [0.3, 0.4) is 0 Å². The maximum atomic E-state index is 12.9. The number of benzene rings is 3. The van der Waals surface area contributed by atoms with Crippen LogP contribution in [0.25, 0.3) is 17.2 Å². The van der Waals surface area contributed by atoms with Gasteiger partial charge in [-0.1, -0.05) is 66.2 Å². The van der Waals surface area contributed by atoms with Crippen molar-refractivity contribution in [2.75, 3.05) is 6.79 Å². The summed E-state index contributed by atoms with van der Waals surface area (Å²) in [6, 6.07) is 21.3. The molecule has 2 amide bonds. The van der Waals surface area contributed by atoms with E-state index in [0.29, 0.717) is 27.0 Å². The fourth-order valence-corrected chi connectivity index (χ4v) is 4.49. The number of nitrogens with zero attached hydrogens (tertiary/aromatic N) is 1. The Balaban J connectivity index is 1.35. The number of amides is 2. The van der Waals surface area contributed by atoms with Crippen LogP contribution in [0.15, 0.2) is 71.6 Å². The number of ether oxygens (including phenoxy) is 2. The van der Waals surface area contributed by atoms with Crippen molar-refractivity contribution >= 4 is 40.6 Å². The Morgan fingerprint density at radius 1 is 0.935 bits per heavy atom. The molecule has 0 atom stereocenters. The van der Waals surface area contributed by atoms with Crippen LogP contribution in [-0.2, 0) is 11.3 Å². The first-order valence-electron chi connectivity index (χ1n) is 9.57. The van der Waals surface area contributed by atoms with Crippen LogP contribution in [0.4, 0.5) is 4.79 Å². The molecule has 0 saturated carbocycles. The highest BCUT2D eigenvalue weighted by Gasteiger charge is 2.35. The van der Waals surface area contributed by atoms with Gasteiger partial charge in [0.2, 0.25) is 6.79 Å². The van der Waals surface area contributed by atoms with Gasteiger partial charge in [-0.25, -0.2) is 0 Å². The van der Waals surface area contributed by atoms with Gasteiger partial charge in [0.1, 0.15) is 0 Å². The van der Waals surface area contributed by atoms with Crippen molar-refractivity contribution < 1.29 is 19.1 Å². The third kappa shape index (κ3) is 3.92. The second-order valence-electron chi connectivity index (χ2n) is 7.05. The summed E-state index contributed by atoms with van der Waals surface area (Å²) in [5, 5.41) is 0.0923. The summed E-state index contributed by atoms with van der Waals surface area (Å²) in [5.41, 5.74) is 3.69. The third-order valence-electron chi connectivity index (χ3n) is 5.06. The van der Waals surface area contributed by atoms with Gasteiger partial charge in [0.25, 0.3) is 11.1 Å². The van der Waals surface area contributed by atoms with Crippen LogP contribution in [0, 0.1) is 0 Å². The molecule has 5 rings (SSSR count). The second-order valence-corrected chi connectivity index (χ2v) is 8.45.